The van der Waals surface area contributed by atoms with Crippen molar-refractivity contribution in [3.8, 4) is 0 Å². The zero-order valence-electron chi connectivity index (χ0n) is 36.0. The molecule has 1 spiro atoms. The first-order chi connectivity index (χ1) is 28.9. The number of fused-ring (bicyclic) bond motifs is 7. The third-order valence-electron chi connectivity index (χ3n) is 17.6. The molecule has 0 aromatic carbocycles. The van der Waals surface area contributed by atoms with Crippen molar-refractivity contribution in [2.75, 3.05) is 19.8 Å². The third-order valence-corrected chi connectivity index (χ3v) is 17.6. The maximum Gasteiger partial charge on any atom is 0.187 e. The molecule has 5 heterocycles. The summed E-state index contributed by atoms with van der Waals surface area (Å²) in [6.07, 6.45) is -11.0. The first-order valence-electron chi connectivity index (χ1n) is 22.9. The second-order valence-corrected chi connectivity index (χ2v) is 20.7. The van der Waals surface area contributed by atoms with E-state index in [1.807, 2.05) is 0 Å². The molecule has 9 rings (SSSR count). The monoisotopic (exact) mass is 870 g/mol. The van der Waals surface area contributed by atoms with Crippen LogP contribution in [0.5, 0.6) is 0 Å². The summed E-state index contributed by atoms with van der Waals surface area (Å²) in [6.45, 7) is 9.89. The molecule has 0 radical (unpaired) electrons. The quantitative estimate of drug-likeness (QED) is 0.145. The van der Waals surface area contributed by atoms with Gasteiger partial charge in [-0.1, -0.05) is 39.3 Å². The van der Waals surface area contributed by atoms with E-state index in [1.165, 1.54) is 12.5 Å². The van der Waals surface area contributed by atoms with Gasteiger partial charge in [-0.25, -0.2) is 0 Å². The molecule has 0 aromatic rings. The lowest BCUT2D eigenvalue weighted by Crippen LogP contribution is -2.65. The second kappa shape index (κ2) is 16.4. The maximum atomic E-state index is 12.8. The van der Waals surface area contributed by atoms with Gasteiger partial charge in [-0.3, -0.25) is 0 Å². The highest BCUT2D eigenvalue weighted by atomic mass is 16.8. The van der Waals surface area contributed by atoms with Crippen LogP contribution in [-0.2, 0) is 37.9 Å². The van der Waals surface area contributed by atoms with Crippen molar-refractivity contribution in [3.05, 3.63) is 11.6 Å². The zero-order valence-corrected chi connectivity index (χ0v) is 36.0. The minimum Gasteiger partial charge on any atom is -0.394 e. The van der Waals surface area contributed by atoms with Crippen molar-refractivity contribution in [2.45, 2.75) is 202 Å². The Hall–Kier alpha value is -0.940. The maximum absolute atomic E-state index is 12.8. The Labute approximate surface area is 357 Å². The minimum atomic E-state index is -1.72. The number of hydrogen-bond donors (Lipinski definition) is 9. The normalized spacial score (nSPS) is 58.2. The molecule has 25 atom stereocenters. The average Bonchev–Trinajstić information content (AvgIpc) is 3.74. The molecule has 4 aliphatic carbocycles. The van der Waals surface area contributed by atoms with E-state index in [-0.39, 0.29) is 22.9 Å². The van der Waals surface area contributed by atoms with E-state index >= 15 is 0 Å². The molecule has 0 bridgehead atoms. The molecule has 8 fully saturated rings. The van der Waals surface area contributed by atoms with Crippen LogP contribution < -0.4 is 0 Å². The molecular formula is C44H70O17. The zero-order chi connectivity index (χ0) is 43.6. The van der Waals surface area contributed by atoms with Crippen LogP contribution >= 0.6 is 0 Å². The number of aliphatic hydroxyl groups excluding tert-OH is 8. The van der Waals surface area contributed by atoms with Gasteiger partial charge >= 0.3 is 0 Å². The molecule has 61 heavy (non-hydrogen) atoms. The lowest BCUT2D eigenvalue weighted by Gasteiger charge is -2.60. The van der Waals surface area contributed by atoms with E-state index in [0.717, 1.165) is 44.9 Å². The summed E-state index contributed by atoms with van der Waals surface area (Å²) < 4.78 is 49.5. The largest absolute Gasteiger partial charge is 0.394 e. The highest BCUT2D eigenvalue weighted by Gasteiger charge is 2.76. The second-order valence-electron chi connectivity index (χ2n) is 20.7. The van der Waals surface area contributed by atoms with Crippen LogP contribution in [0, 0.1) is 40.4 Å². The predicted molar refractivity (Wildman–Crippen MR) is 210 cm³/mol. The number of rotatable bonds is 8. The molecule has 9 N–H and O–H groups in total. The van der Waals surface area contributed by atoms with Crippen molar-refractivity contribution in [3.63, 3.8) is 0 Å². The van der Waals surface area contributed by atoms with Gasteiger partial charge in [0, 0.05) is 17.8 Å². The van der Waals surface area contributed by atoms with E-state index in [1.54, 1.807) is 0 Å². The molecule has 5 aliphatic heterocycles. The van der Waals surface area contributed by atoms with E-state index in [9.17, 15) is 46.0 Å². The Kier molecular flexibility index (Phi) is 12.2. The molecular weight excluding hydrogens is 800 g/mol. The Morgan fingerprint density at radius 3 is 2.08 bits per heavy atom. The summed E-state index contributed by atoms with van der Waals surface area (Å²) >= 11 is 0. The number of aliphatic hydroxyl groups is 9. The number of ether oxygens (including phenoxy) is 8. The van der Waals surface area contributed by atoms with Crippen LogP contribution in [0.2, 0.25) is 0 Å². The van der Waals surface area contributed by atoms with Crippen molar-refractivity contribution < 1.29 is 83.9 Å². The van der Waals surface area contributed by atoms with Gasteiger partial charge in [0.1, 0.15) is 66.6 Å². The van der Waals surface area contributed by atoms with Gasteiger partial charge in [-0.2, -0.15) is 0 Å². The molecule has 3 saturated carbocycles. The van der Waals surface area contributed by atoms with Crippen molar-refractivity contribution in [1.82, 2.24) is 0 Å². The van der Waals surface area contributed by atoms with Crippen molar-refractivity contribution in [2.24, 2.45) is 40.4 Å². The fourth-order valence-corrected chi connectivity index (χ4v) is 13.8. The van der Waals surface area contributed by atoms with Gasteiger partial charge < -0.3 is 83.9 Å². The van der Waals surface area contributed by atoms with Gasteiger partial charge in [0.15, 0.2) is 24.7 Å². The lowest BCUT2D eigenvalue weighted by molar-refractivity contribution is -0.380. The van der Waals surface area contributed by atoms with Crippen LogP contribution in [0.3, 0.4) is 0 Å². The SMILES string of the molecule is CC1CC[C@@]2(OC1)OC1C[C@H]3[C@@H]4CC=C5C[C@@H](O[C@@H]6O[C@H](CO)[C@@H](O[C@@H]7O[C@@H](CO)[C@H](O)[C@H]7O)[C@H](O)[C@H]6O[C@@H]6O[C@@H](C)[C@H](O)[C@@H](O)[C@H]6O)CC[C@]5(C)[C@H]4CC[C@]3(C)[C@@]1(O)[C@@H]2C. The standard InChI is InChI=1S/C44H70O17/c1-19-8-13-43(54-18-19)21(3)44(53)29(61-43)15-26-24-7-6-22-14-23(9-11-41(22,4)25(24)10-12-42(26,44)5)56-40-37(60-38-34(51)32(49)30(47)20(2)55-38)35(52)36(28(17-46)58-40)59-39-33(50)31(48)27(16-45)57-39/h6,19-21,23-40,45-53H,7-18H2,1-5H3/t19?,20-,21+,23-,24+,25-,26-,27-,28+,29?,30-,31-,32+,33+,34+,35-,36+,37+,38-,39-,40+,41-,42-,43+,44+/m0/s1. The summed E-state index contributed by atoms with van der Waals surface area (Å²) in [5.41, 5.74) is -0.100. The van der Waals surface area contributed by atoms with E-state index in [0.29, 0.717) is 43.1 Å². The fourth-order valence-electron chi connectivity index (χ4n) is 13.8. The fraction of sp³-hybridized carbons (Fsp3) is 0.955. The molecule has 17 heteroatoms. The van der Waals surface area contributed by atoms with Gasteiger partial charge in [-0.15, -0.1) is 0 Å². The van der Waals surface area contributed by atoms with Gasteiger partial charge in [0.05, 0.1) is 38.1 Å². The van der Waals surface area contributed by atoms with Gasteiger partial charge in [0.25, 0.3) is 0 Å². The van der Waals surface area contributed by atoms with Gasteiger partial charge in [-0.05, 0) is 87.4 Å². The van der Waals surface area contributed by atoms with Crippen molar-refractivity contribution in [1.29, 1.82) is 0 Å². The summed E-state index contributed by atoms with van der Waals surface area (Å²) in [7, 11) is 0. The highest BCUT2D eigenvalue weighted by Crippen LogP contribution is 2.72. The summed E-state index contributed by atoms with van der Waals surface area (Å²) in [4.78, 5) is 0. The Morgan fingerprint density at radius 2 is 1.39 bits per heavy atom. The topological polar surface area (TPSA) is 256 Å². The number of allylic oxidation sites excluding steroid dienone is 1. The molecule has 0 aromatic heterocycles. The molecule has 5 saturated heterocycles. The van der Waals surface area contributed by atoms with Crippen LogP contribution in [0.25, 0.3) is 0 Å². The van der Waals surface area contributed by atoms with Crippen LogP contribution in [0.15, 0.2) is 11.6 Å². The smallest absolute Gasteiger partial charge is 0.187 e. The van der Waals surface area contributed by atoms with Crippen LogP contribution in [-0.4, -0.2) is 175 Å². The van der Waals surface area contributed by atoms with E-state index in [2.05, 4.69) is 33.8 Å². The molecule has 2 unspecified atom stereocenters. The van der Waals surface area contributed by atoms with Crippen LogP contribution in [0.1, 0.15) is 92.4 Å². The summed E-state index contributed by atoms with van der Waals surface area (Å²) in [5, 5.41) is 97.6. The van der Waals surface area contributed by atoms with E-state index < -0.39 is 117 Å². The summed E-state index contributed by atoms with van der Waals surface area (Å²) in [6, 6.07) is 0. The lowest BCUT2D eigenvalue weighted by atomic mass is 9.46. The Morgan fingerprint density at radius 1 is 0.705 bits per heavy atom. The van der Waals surface area contributed by atoms with E-state index in [4.69, 9.17) is 37.9 Å². The third kappa shape index (κ3) is 6.97. The van der Waals surface area contributed by atoms with Crippen molar-refractivity contribution >= 4 is 0 Å². The average molecular weight is 871 g/mol. The first kappa shape index (κ1) is 45.2. The molecule has 348 valence electrons. The molecule has 0 amide bonds. The Bertz CT molecular complexity index is 1610. The molecule has 17 nitrogen and oxygen atoms in total. The molecule has 9 aliphatic rings. The first-order valence-corrected chi connectivity index (χ1v) is 22.9. The number of hydrogen-bond acceptors (Lipinski definition) is 17. The summed E-state index contributed by atoms with van der Waals surface area (Å²) in [5.74, 6) is 0.693. The highest BCUT2D eigenvalue weighted by molar-refractivity contribution is 5.29. The Balaban J connectivity index is 0.922. The minimum absolute atomic E-state index is 0.109. The van der Waals surface area contributed by atoms with Gasteiger partial charge in [0.2, 0.25) is 0 Å². The predicted octanol–water partition coefficient (Wildman–Crippen LogP) is -0.0319. The van der Waals surface area contributed by atoms with Crippen LogP contribution in [0.4, 0.5) is 0 Å².